The van der Waals surface area contributed by atoms with Crippen molar-refractivity contribution in [3.05, 3.63) is 149 Å². The first-order valence-electron chi connectivity index (χ1n) is 13.2. The van der Waals surface area contributed by atoms with Crippen molar-refractivity contribution in [2.75, 3.05) is 17.2 Å². The molecule has 4 aromatic carbocycles. The van der Waals surface area contributed by atoms with Crippen LogP contribution in [0.4, 0.5) is 11.5 Å². The molecule has 0 atom stereocenters. The molecule has 0 saturated carbocycles. The summed E-state index contributed by atoms with van der Waals surface area (Å²) in [5, 5.41) is 11.0. The van der Waals surface area contributed by atoms with Crippen LogP contribution < -0.4 is 10.6 Å². The molecule has 1 aromatic heterocycles. The zero-order chi connectivity index (χ0) is 28.4. The Morgan fingerprint density at radius 2 is 1.15 bits per heavy atom. The maximum atomic E-state index is 13.2. The number of aromatic nitrogens is 2. The predicted octanol–water partition coefficient (Wildman–Crippen LogP) is 5.06. The zero-order valence-electron chi connectivity index (χ0n) is 22.3. The third-order valence-electron chi connectivity index (χ3n) is 7.32. The number of nitrogens with one attached hydrogen (secondary N) is 2. The summed E-state index contributed by atoms with van der Waals surface area (Å²) in [5.41, 5.74) is 3.13. The van der Waals surface area contributed by atoms with Gasteiger partial charge in [-0.15, -0.1) is 0 Å². The second-order valence-corrected chi connectivity index (χ2v) is 9.79. The first kappa shape index (κ1) is 25.8. The number of amides is 3. The summed E-state index contributed by atoms with van der Waals surface area (Å²) in [4.78, 5) is 39.8. The van der Waals surface area contributed by atoms with E-state index in [4.69, 9.17) is 0 Å². The number of benzene rings is 4. The lowest BCUT2D eigenvalue weighted by Gasteiger charge is -2.38. The van der Waals surface area contributed by atoms with Gasteiger partial charge in [-0.05, 0) is 28.8 Å². The van der Waals surface area contributed by atoms with Crippen LogP contribution >= 0.6 is 0 Å². The van der Waals surface area contributed by atoms with Gasteiger partial charge in [0.2, 0.25) is 5.91 Å². The molecule has 8 nitrogen and oxygen atoms in total. The average molecular weight is 542 g/mol. The quantitative estimate of drug-likeness (QED) is 0.212. The smallest absolute Gasteiger partial charge is 0.262 e. The number of carbonyl (C=O) groups is 3. The number of hydrogen-bond donors (Lipinski definition) is 2. The van der Waals surface area contributed by atoms with Crippen LogP contribution in [0.3, 0.4) is 0 Å². The molecule has 2 heterocycles. The van der Waals surface area contributed by atoms with Crippen LogP contribution in [-0.4, -0.2) is 38.9 Å². The SMILES string of the molecule is Cn1ncc(NC(=O)CN2C(=O)c3ccccc3C2=O)c1NC(c1ccccc1)(c1ccccc1)c1ccccc1. The molecule has 0 unspecified atom stereocenters. The van der Waals surface area contributed by atoms with E-state index >= 15 is 0 Å². The van der Waals surface area contributed by atoms with Crippen molar-refractivity contribution in [2.45, 2.75) is 5.54 Å². The first-order valence-corrected chi connectivity index (χ1v) is 13.2. The fourth-order valence-electron chi connectivity index (χ4n) is 5.35. The largest absolute Gasteiger partial charge is 0.351 e. The number of imide groups is 1. The molecule has 202 valence electrons. The molecule has 0 spiro atoms. The first-order chi connectivity index (χ1) is 20.0. The Morgan fingerprint density at radius 3 is 1.61 bits per heavy atom. The highest BCUT2D eigenvalue weighted by Crippen LogP contribution is 2.41. The van der Waals surface area contributed by atoms with E-state index in [1.807, 2.05) is 54.6 Å². The van der Waals surface area contributed by atoms with Gasteiger partial charge in [-0.25, -0.2) is 0 Å². The Labute approximate surface area is 237 Å². The van der Waals surface area contributed by atoms with Crippen LogP contribution in [0.1, 0.15) is 37.4 Å². The van der Waals surface area contributed by atoms with Gasteiger partial charge in [0.05, 0.1) is 17.3 Å². The zero-order valence-corrected chi connectivity index (χ0v) is 22.3. The predicted molar refractivity (Wildman–Crippen MR) is 156 cm³/mol. The van der Waals surface area contributed by atoms with Gasteiger partial charge in [0.25, 0.3) is 11.8 Å². The van der Waals surface area contributed by atoms with Gasteiger partial charge < -0.3 is 10.6 Å². The Bertz CT molecular complexity index is 1600. The lowest BCUT2D eigenvalue weighted by molar-refractivity contribution is -0.116. The van der Waals surface area contributed by atoms with Crippen LogP contribution in [0.25, 0.3) is 0 Å². The molecule has 1 aliphatic heterocycles. The van der Waals surface area contributed by atoms with Gasteiger partial charge in [0.1, 0.15) is 23.6 Å². The standard InChI is InChI=1S/C33H27N5O3/c1-37-30(28(21-34-37)35-29(39)22-38-31(40)26-19-11-12-20-27(26)32(38)41)36-33(23-13-5-2-6-14-23,24-15-7-3-8-16-24)25-17-9-4-10-18-25/h2-21,36H,22H2,1H3,(H,35,39). The van der Waals surface area contributed by atoms with Crippen molar-refractivity contribution >= 4 is 29.2 Å². The average Bonchev–Trinajstić information content (AvgIpc) is 3.48. The highest BCUT2D eigenvalue weighted by atomic mass is 16.2. The molecule has 6 rings (SSSR count). The van der Waals surface area contributed by atoms with Gasteiger partial charge in [-0.1, -0.05) is 103 Å². The topological polar surface area (TPSA) is 96.3 Å². The number of rotatable bonds is 8. The molecule has 2 N–H and O–H groups in total. The fourth-order valence-corrected chi connectivity index (χ4v) is 5.35. The molecule has 0 radical (unpaired) electrons. The Balaban J connectivity index is 1.37. The monoisotopic (exact) mass is 541 g/mol. The maximum Gasteiger partial charge on any atom is 0.262 e. The summed E-state index contributed by atoms with van der Waals surface area (Å²) in [6.07, 6.45) is 1.55. The number of aryl methyl sites for hydroxylation is 1. The number of anilines is 2. The van der Waals surface area contributed by atoms with Gasteiger partial charge in [0, 0.05) is 7.05 Å². The summed E-state index contributed by atoms with van der Waals surface area (Å²) in [7, 11) is 1.79. The van der Waals surface area contributed by atoms with Crippen LogP contribution in [0, 0.1) is 0 Å². The Kier molecular flexibility index (Phi) is 6.65. The number of carbonyl (C=O) groups excluding carboxylic acids is 3. The summed E-state index contributed by atoms with van der Waals surface area (Å²) in [6.45, 7) is -0.415. The molecular formula is C33H27N5O3. The van der Waals surface area contributed by atoms with Gasteiger partial charge >= 0.3 is 0 Å². The van der Waals surface area contributed by atoms with E-state index in [0.29, 0.717) is 22.6 Å². The third kappa shape index (κ3) is 4.55. The summed E-state index contributed by atoms with van der Waals surface area (Å²) >= 11 is 0. The van der Waals surface area contributed by atoms with E-state index in [9.17, 15) is 14.4 Å². The number of nitrogens with zero attached hydrogens (tertiary/aromatic N) is 3. The van der Waals surface area contributed by atoms with Crippen LogP contribution in [0.15, 0.2) is 121 Å². The molecule has 1 aliphatic rings. The number of fused-ring (bicyclic) bond motifs is 1. The van der Waals surface area contributed by atoms with Crippen molar-refractivity contribution in [3.8, 4) is 0 Å². The van der Waals surface area contributed by atoms with Crippen LogP contribution in [-0.2, 0) is 17.4 Å². The molecule has 0 bridgehead atoms. The highest BCUT2D eigenvalue weighted by molar-refractivity contribution is 6.22. The second-order valence-electron chi connectivity index (χ2n) is 9.79. The van der Waals surface area contributed by atoms with Gasteiger partial charge in [0.15, 0.2) is 0 Å². The van der Waals surface area contributed by atoms with Crippen molar-refractivity contribution in [3.63, 3.8) is 0 Å². The Morgan fingerprint density at radius 1 is 0.707 bits per heavy atom. The lowest BCUT2D eigenvalue weighted by Crippen LogP contribution is -2.39. The van der Waals surface area contributed by atoms with Crippen molar-refractivity contribution in [2.24, 2.45) is 7.05 Å². The molecule has 3 amide bonds. The normalized spacial score (nSPS) is 12.8. The van der Waals surface area contributed by atoms with Crippen molar-refractivity contribution in [1.82, 2.24) is 14.7 Å². The van der Waals surface area contributed by atoms with Gasteiger partial charge in [-0.3, -0.25) is 24.0 Å². The fraction of sp³-hybridized carbons (Fsp3) is 0.0909. The van der Waals surface area contributed by atoms with E-state index in [1.54, 1.807) is 42.2 Å². The second kappa shape index (κ2) is 10.6. The van der Waals surface area contributed by atoms with E-state index in [2.05, 4.69) is 52.1 Å². The van der Waals surface area contributed by atoms with Crippen molar-refractivity contribution in [1.29, 1.82) is 0 Å². The number of hydrogen-bond acceptors (Lipinski definition) is 5. The maximum absolute atomic E-state index is 13.2. The molecular weight excluding hydrogens is 514 g/mol. The molecule has 0 saturated heterocycles. The molecule has 5 aromatic rings. The third-order valence-corrected chi connectivity index (χ3v) is 7.32. The summed E-state index contributed by atoms with van der Waals surface area (Å²) in [6, 6.07) is 36.8. The minimum absolute atomic E-state index is 0.299. The van der Waals surface area contributed by atoms with E-state index < -0.39 is 29.8 Å². The lowest BCUT2D eigenvalue weighted by atomic mass is 9.77. The molecule has 0 aliphatic carbocycles. The molecule has 0 fully saturated rings. The van der Waals surface area contributed by atoms with Crippen molar-refractivity contribution < 1.29 is 14.4 Å². The minimum atomic E-state index is -0.848. The van der Waals surface area contributed by atoms with Crippen LogP contribution in [0.5, 0.6) is 0 Å². The minimum Gasteiger partial charge on any atom is -0.351 e. The molecule has 41 heavy (non-hydrogen) atoms. The summed E-state index contributed by atoms with van der Waals surface area (Å²) in [5.74, 6) is -0.930. The van der Waals surface area contributed by atoms with Crippen LogP contribution in [0.2, 0.25) is 0 Å². The summed E-state index contributed by atoms with van der Waals surface area (Å²) < 4.78 is 1.65. The van der Waals surface area contributed by atoms with E-state index in [1.165, 1.54) is 0 Å². The highest BCUT2D eigenvalue weighted by Gasteiger charge is 2.39. The Hall–Kier alpha value is -5.50. The van der Waals surface area contributed by atoms with E-state index in [0.717, 1.165) is 21.6 Å². The van der Waals surface area contributed by atoms with E-state index in [-0.39, 0.29) is 0 Å². The molecule has 8 heteroatoms. The van der Waals surface area contributed by atoms with Gasteiger partial charge in [-0.2, -0.15) is 5.10 Å².